The van der Waals surface area contributed by atoms with Crippen LogP contribution in [0, 0.1) is 0 Å². The number of hydrogen-bond acceptors (Lipinski definition) is 6. The fourth-order valence-electron chi connectivity index (χ4n) is 2.53. The van der Waals surface area contributed by atoms with Gasteiger partial charge in [0.2, 0.25) is 5.91 Å². The van der Waals surface area contributed by atoms with Crippen molar-refractivity contribution in [2.24, 2.45) is 0 Å². The first-order valence-corrected chi connectivity index (χ1v) is 10.7. The predicted octanol–water partition coefficient (Wildman–Crippen LogP) is 1.34. The second-order valence-corrected chi connectivity index (χ2v) is 8.30. The summed E-state index contributed by atoms with van der Waals surface area (Å²) in [6.45, 7) is 2.72. The highest BCUT2D eigenvalue weighted by Crippen LogP contribution is 2.22. The molecule has 0 aliphatic rings. The lowest BCUT2D eigenvalue weighted by Gasteiger charge is -2.22. The zero-order chi connectivity index (χ0) is 19.6. The Morgan fingerprint density at radius 3 is 2.70 bits per heavy atom. The fraction of sp³-hybridized carbons (Fsp3) is 0.421. The Morgan fingerprint density at radius 2 is 2.04 bits per heavy atom. The average Bonchev–Trinajstić information content (AvgIpc) is 3.08. The van der Waals surface area contributed by atoms with Gasteiger partial charge in [0.1, 0.15) is 6.04 Å². The van der Waals surface area contributed by atoms with Crippen LogP contribution in [0.2, 0.25) is 0 Å². The van der Waals surface area contributed by atoms with Crippen molar-refractivity contribution in [2.75, 3.05) is 33.0 Å². The van der Waals surface area contributed by atoms with E-state index >= 15 is 0 Å². The van der Waals surface area contributed by atoms with E-state index in [0.717, 1.165) is 4.34 Å². The van der Waals surface area contributed by atoms with Gasteiger partial charge in [0.25, 0.3) is 0 Å². The Balaban J connectivity index is 1.79. The molecule has 0 saturated heterocycles. The van der Waals surface area contributed by atoms with Crippen molar-refractivity contribution in [3.8, 4) is 0 Å². The maximum Gasteiger partial charge on any atom is 0.311 e. The minimum atomic E-state index is -0.282. The van der Waals surface area contributed by atoms with Gasteiger partial charge >= 0.3 is 5.97 Å². The quantitative estimate of drug-likeness (QED) is 0.459. The van der Waals surface area contributed by atoms with Crippen molar-refractivity contribution in [3.05, 3.63) is 47.0 Å². The van der Waals surface area contributed by atoms with Gasteiger partial charge in [-0.2, -0.15) is 0 Å². The molecule has 0 saturated carbocycles. The lowest BCUT2D eigenvalue weighted by Crippen LogP contribution is -3.07. The summed E-state index contributed by atoms with van der Waals surface area (Å²) in [6, 6.07) is 10.4. The Morgan fingerprint density at radius 1 is 1.30 bits per heavy atom. The van der Waals surface area contributed by atoms with E-state index in [9.17, 15) is 9.59 Å². The maximum atomic E-state index is 12.2. The summed E-state index contributed by atoms with van der Waals surface area (Å²) >= 11 is 2.82. The van der Waals surface area contributed by atoms with Gasteiger partial charge in [0.15, 0.2) is 4.34 Å². The SMILES string of the molecule is CCOC(=O)Cc1csc(SCC(=O)NC[C@H](c2ccccc2)[NH+](C)C)n1. The molecule has 0 aliphatic carbocycles. The van der Waals surface area contributed by atoms with Crippen LogP contribution in [0.15, 0.2) is 40.1 Å². The zero-order valence-electron chi connectivity index (χ0n) is 15.9. The van der Waals surface area contributed by atoms with Gasteiger partial charge in [0, 0.05) is 10.9 Å². The Hall–Kier alpha value is -1.90. The average molecular weight is 409 g/mol. The molecule has 1 heterocycles. The highest BCUT2D eigenvalue weighted by atomic mass is 32.2. The molecule has 2 aromatic rings. The smallest absolute Gasteiger partial charge is 0.311 e. The van der Waals surface area contributed by atoms with Crippen LogP contribution < -0.4 is 10.2 Å². The number of carbonyl (C=O) groups excluding carboxylic acids is 2. The molecule has 1 amide bonds. The molecule has 0 radical (unpaired) electrons. The van der Waals surface area contributed by atoms with E-state index in [1.54, 1.807) is 6.92 Å². The van der Waals surface area contributed by atoms with Crippen molar-refractivity contribution in [2.45, 2.75) is 23.7 Å². The summed E-state index contributed by atoms with van der Waals surface area (Å²) in [7, 11) is 4.17. The Labute approximate surface area is 168 Å². The molecule has 2 rings (SSSR count). The van der Waals surface area contributed by atoms with Gasteiger partial charge in [-0.15, -0.1) is 11.3 Å². The first-order valence-electron chi connectivity index (χ1n) is 8.84. The minimum absolute atomic E-state index is 0.0238. The third-order valence-electron chi connectivity index (χ3n) is 3.89. The fourth-order valence-corrected chi connectivity index (χ4v) is 4.21. The van der Waals surface area contributed by atoms with Gasteiger partial charge in [-0.3, -0.25) is 9.59 Å². The minimum Gasteiger partial charge on any atom is -0.466 e. The van der Waals surface area contributed by atoms with Gasteiger partial charge in [-0.25, -0.2) is 4.98 Å². The molecule has 1 atom stereocenters. The van der Waals surface area contributed by atoms with Crippen LogP contribution in [-0.2, 0) is 20.7 Å². The second-order valence-electron chi connectivity index (χ2n) is 6.22. The van der Waals surface area contributed by atoms with Crippen molar-refractivity contribution < 1.29 is 19.2 Å². The number of quaternary nitrogens is 1. The van der Waals surface area contributed by atoms with Crippen molar-refractivity contribution in [1.29, 1.82) is 0 Å². The molecule has 27 heavy (non-hydrogen) atoms. The van der Waals surface area contributed by atoms with E-state index in [1.165, 1.54) is 33.6 Å². The lowest BCUT2D eigenvalue weighted by atomic mass is 10.1. The number of carbonyl (C=O) groups is 2. The molecule has 8 heteroatoms. The van der Waals surface area contributed by atoms with Gasteiger partial charge in [-0.05, 0) is 6.92 Å². The van der Waals surface area contributed by atoms with E-state index < -0.39 is 0 Å². The van der Waals surface area contributed by atoms with Crippen LogP contribution in [0.4, 0.5) is 0 Å². The second kappa shape index (κ2) is 11.1. The standard InChI is InChI=1S/C19H25N3O3S2/c1-4-25-18(24)10-15-12-26-19(21-15)27-13-17(23)20-11-16(22(2)3)14-8-6-5-7-9-14/h5-9,12,16H,4,10-11,13H2,1-3H3,(H,20,23)/p+1/t16-/m1/s1. The van der Waals surface area contributed by atoms with Crippen LogP contribution >= 0.6 is 23.1 Å². The van der Waals surface area contributed by atoms with E-state index in [1.807, 2.05) is 23.6 Å². The van der Waals surface area contributed by atoms with E-state index in [0.29, 0.717) is 24.6 Å². The summed E-state index contributed by atoms with van der Waals surface area (Å²) in [5.74, 6) is -0.00375. The highest BCUT2D eigenvalue weighted by molar-refractivity contribution is 8.01. The summed E-state index contributed by atoms with van der Waals surface area (Å²) in [4.78, 5) is 29.3. The number of nitrogens with one attached hydrogen (secondary N) is 2. The molecule has 2 N–H and O–H groups in total. The number of ether oxygens (including phenoxy) is 1. The van der Waals surface area contributed by atoms with Crippen LogP contribution in [0.25, 0.3) is 0 Å². The van der Waals surface area contributed by atoms with E-state index in [2.05, 4.69) is 36.5 Å². The largest absolute Gasteiger partial charge is 0.466 e. The molecule has 0 aliphatic heterocycles. The third kappa shape index (κ3) is 7.32. The van der Waals surface area contributed by atoms with Crippen LogP contribution in [0.1, 0.15) is 24.2 Å². The molecular formula is C19H26N3O3S2+. The molecule has 1 aromatic carbocycles. The summed E-state index contributed by atoms with van der Waals surface area (Å²) in [6.07, 6.45) is 0.168. The Kier molecular flexibility index (Phi) is 8.77. The first-order chi connectivity index (χ1) is 13.0. The van der Waals surface area contributed by atoms with Gasteiger partial charge < -0.3 is 15.0 Å². The number of thiazole rings is 1. The number of rotatable bonds is 10. The van der Waals surface area contributed by atoms with Crippen molar-refractivity contribution in [1.82, 2.24) is 10.3 Å². The van der Waals surface area contributed by atoms with Crippen LogP contribution in [0.3, 0.4) is 0 Å². The van der Waals surface area contributed by atoms with Gasteiger partial charge in [-0.1, -0.05) is 42.1 Å². The van der Waals surface area contributed by atoms with E-state index in [-0.39, 0.29) is 24.3 Å². The number of likely N-dealkylation sites (N-methyl/N-ethyl adjacent to an activating group) is 1. The molecule has 6 nitrogen and oxygen atoms in total. The zero-order valence-corrected chi connectivity index (χ0v) is 17.5. The van der Waals surface area contributed by atoms with Crippen LogP contribution in [-0.4, -0.2) is 49.9 Å². The van der Waals surface area contributed by atoms with Gasteiger partial charge in [0.05, 0.1) is 45.1 Å². The lowest BCUT2D eigenvalue weighted by molar-refractivity contribution is -0.890. The number of amides is 1. The predicted molar refractivity (Wildman–Crippen MR) is 108 cm³/mol. The molecule has 146 valence electrons. The molecule has 0 fully saturated rings. The number of esters is 1. The number of hydrogen-bond donors (Lipinski definition) is 2. The summed E-state index contributed by atoms with van der Waals surface area (Å²) < 4.78 is 5.70. The topological polar surface area (TPSA) is 72.7 Å². The molecular weight excluding hydrogens is 382 g/mol. The molecule has 1 aromatic heterocycles. The first kappa shape index (κ1) is 21.4. The van der Waals surface area contributed by atoms with Crippen molar-refractivity contribution >= 4 is 35.0 Å². The monoisotopic (exact) mass is 408 g/mol. The summed E-state index contributed by atoms with van der Waals surface area (Å²) in [5, 5.41) is 4.84. The molecule has 0 unspecified atom stereocenters. The van der Waals surface area contributed by atoms with E-state index in [4.69, 9.17) is 4.74 Å². The molecule has 0 spiro atoms. The number of thioether (sulfide) groups is 1. The molecule has 0 bridgehead atoms. The van der Waals surface area contributed by atoms with Crippen molar-refractivity contribution in [3.63, 3.8) is 0 Å². The highest BCUT2D eigenvalue weighted by Gasteiger charge is 2.18. The maximum absolute atomic E-state index is 12.2. The summed E-state index contributed by atoms with van der Waals surface area (Å²) in [5.41, 5.74) is 1.88. The number of benzene rings is 1. The number of nitrogens with zero attached hydrogens (tertiary/aromatic N) is 1. The number of aromatic nitrogens is 1. The third-order valence-corrected chi connectivity index (χ3v) is 5.96. The Bertz CT molecular complexity index is 735. The normalized spacial score (nSPS) is 12.0. The van der Waals surface area contributed by atoms with Crippen LogP contribution in [0.5, 0.6) is 0 Å².